The van der Waals surface area contributed by atoms with E-state index < -0.39 is 28.0 Å². The molecule has 0 spiro atoms. The van der Waals surface area contributed by atoms with E-state index in [9.17, 15) is 12.8 Å². The van der Waals surface area contributed by atoms with Gasteiger partial charge in [-0.05, 0) is 23.8 Å². The van der Waals surface area contributed by atoms with Crippen LogP contribution in [-0.2, 0) is 25.6 Å². The molecule has 20 heavy (non-hydrogen) atoms. The van der Waals surface area contributed by atoms with Crippen molar-refractivity contribution >= 4 is 10.3 Å². The molecule has 1 heterocycles. The minimum absolute atomic E-state index is 0.256. The first-order chi connectivity index (χ1) is 9.15. The lowest BCUT2D eigenvalue weighted by molar-refractivity contribution is -0.186. The third-order valence-electron chi connectivity index (χ3n) is 2.69. The molecular weight excluding hydrogens is 289 g/mol. The summed E-state index contributed by atoms with van der Waals surface area (Å²) in [5.74, 6) is -0.900. The molecule has 0 aromatic heterocycles. The van der Waals surface area contributed by atoms with Crippen LogP contribution in [0.4, 0.5) is 4.39 Å². The van der Waals surface area contributed by atoms with Crippen molar-refractivity contribution in [1.29, 1.82) is 0 Å². The highest BCUT2D eigenvalue weighted by Gasteiger charge is 2.32. The summed E-state index contributed by atoms with van der Waals surface area (Å²) in [6.07, 6.45) is -0.363. The molecule has 1 unspecified atom stereocenters. The standard InChI is InChI=1S/C12H16FNO5S/c1-12(2)18-10(7-17-20(14,15)16)6-8-5-9(13)3-4-11(8)19-12/h3-5,10H,6-7H2,1-2H3,(H2,14,15,16). The van der Waals surface area contributed by atoms with Gasteiger partial charge < -0.3 is 9.47 Å². The predicted octanol–water partition coefficient (Wildman–Crippen LogP) is 1.10. The molecular formula is C12H16FNO5S. The van der Waals surface area contributed by atoms with E-state index in [2.05, 4.69) is 4.18 Å². The summed E-state index contributed by atoms with van der Waals surface area (Å²) >= 11 is 0. The molecule has 2 N–H and O–H groups in total. The minimum atomic E-state index is -4.05. The van der Waals surface area contributed by atoms with Crippen LogP contribution in [0.25, 0.3) is 0 Å². The highest BCUT2D eigenvalue weighted by atomic mass is 32.2. The number of fused-ring (bicyclic) bond motifs is 1. The molecule has 112 valence electrons. The average Bonchev–Trinajstić information content (AvgIpc) is 2.40. The zero-order valence-corrected chi connectivity index (χ0v) is 11.9. The second-order valence-electron chi connectivity index (χ2n) is 4.98. The van der Waals surface area contributed by atoms with Crippen molar-refractivity contribution in [2.75, 3.05) is 6.61 Å². The summed E-state index contributed by atoms with van der Waals surface area (Å²) in [6, 6.07) is 4.12. The van der Waals surface area contributed by atoms with E-state index in [0.717, 1.165) is 0 Å². The van der Waals surface area contributed by atoms with E-state index in [-0.39, 0.29) is 13.0 Å². The first-order valence-corrected chi connectivity index (χ1v) is 7.44. The summed E-state index contributed by atoms with van der Waals surface area (Å²) < 4.78 is 50.7. The van der Waals surface area contributed by atoms with Gasteiger partial charge in [-0.3, -0.25) is 4.18 Å². The first-order valence-electron chi connectivity index (χ1n) is 5.97. The molecule has 1 aliphatic rings. The summed E-state index contributed by atoms with van der Waals surface area (Å²) in [4.78, 5) is 0. The Morgan fingerprint density at radius 2 is 2.20 bits per heavy atom. The number of rotatable bonds is 3. The first kappa shape index (κ1) is 15.2. The van der Waals surface area contributed by atoms with Crippen molar-refractivity contribution in [3.63, 3.8) is 0 Å². The molecule has 0 saturated carbocycles. The Morgan fingerprint density at radius 1 is 1.50 bits per heavy atom. The molecule has 1 aromatic rings. The van der Waals surface area contributed by atoms with Crippen molar-refractivity contribution in [2.24, 2.45) is 5.14 Å². The SMILES string of the molecule is CC1(C)Oc2ccc(F)cc2CC(COS(N)(=O)=O)O1. The molecule has 6 nitrogen and oxygen atoms in total. The van der Waals surface area contributed by atoms with Crippen LogP contribution >= 0.6 is 0 Å². The van der Waals surface area contributed by atoms with Crippen molar-refractivity contribution < 1.29 is 26.5 Å². The second kappa shape index (κ2) is 5.28. The maximum absolute atomic E-state index is 13.3. The lowest BCUT2D eigenvalue weighted by Gasteiger charge is -2.27. The average molecular weight is 305 g/mol. The zero-order chi connectivity index (χ0) is 15.0. The van der Waals surface area contributed by atoms with Crippen LogP contribution in [0.2, 0.25) is 0 Å². The molecule has 1 atom stereocenters. The van der Waals surface area contributed by atoms with Gasteiger partial charge in [0, 0.05) is 20.3 Å². The van der Waals surface area contributed by atoms with Crippen LogP contribution in [-0.4, -0.2) is 26.9 Å². The smallest absolute Gasteiger partial charge is 0.333 e. The Bertz CT molecular complexity index is 602. The van der Waals surface area contributed by atoms with Crippen molar-refractivity contribution in [3.05, 3.63) is 29.6 Å². The Morgan fingerprint density at radius 3 is 2.85 bits per heavy atom. The third kappa shape index (κ3) is 4.14. The molecule has 1 aromatic carbocycles. The van der Waals surface area contributed by atoms with Crippen molar-refractivity contribution in [2.45, 2.75) is 32.2 Å². The zero-order valence-electron chi connectivity index (χ0n) is 11.1. The Labute approximate surface area is 116 Å². The van der Waals surface area contributed by atoms with Gasteiger partial charge >= 0.3 is 10.3 Å². The second-order valence-corrected chi connectivity index (χ2v) is 6.20. The Hall–Kier alpha value is -1.22. The van der Waals surface area contributed by atoms with E-state index in [0.29, 0.717) is 11.3 Å². The number of halogens is 1. The van der Waals surface area contributed by atoms with Gasteiger partial charge in [0.2, 0.25) is 5.79 Å². The van der Waals surface area contributed by atoms with E-state index in [1.807, 2.05) is 0 Å². The van der Waals surface area contributed by atoms with Crippen LogP contribution in [0, 0.1) is 5.82 Å². The summed E-state index contributed by atoms with van der Waals surface area (Å²) in [5, 5.41) is 4.78. The fraction of sp³-hybridized carbons (Fsp3) is 0.500. The van der Waals surface area contributed by atoms with Crippen molar-refractivity contribution in [1.82, 2.24) is 0 Å². The molecule has 0 amide bonds. The van der Waals surface area contributed by atoms with Crippen LogP contribution in [0.1, 0.15) is 19.4 Å². The van der Waals surface area contributed by atoms with Crippen LogP contribution < -0.4 is 9.88 Å². The van der Waals surface area contributed by atoms with E-state index in [4.69, 9.17) is 14.6 Å². The monoisotopic (exact) mass is 305 g/mol. The van der Waals surface area contributed by atoms with Gasteiger partial charge in [-0.15, -0.1) is 0 Å². The maximum atomic E-state index is 13.3. The molecule has 0 radical (unpaired) electrons. The molecule has 8 heteroatoms. The topological polar surface area (TPSA) is 87.9 Å². The normalized spacial score (nSPS) is 21.7. The third-order valence-corrected chi connectivity index (χ3v) is 3.16. The highest BCUT2D eigenvalue weighted by Crippen LogP contribution is 2.31. The molecule has 2 rings (SSSR count). The van der Waals surface area contributed by atoms with Crippen molar-refractivity contribution in [3.8, 4) is 5.75 Å². The fourth-order valence-electron chi connectivity index (χ4n) is 2.05. The van der Waals surface area contributed by atoms with Gasteiger partial charge in [-0.2, -0.15) is 8.42 Å². The van der Waals surface area contributed by atoms with E-state index >= 15 is 0 Å². The van der Waals surface area contributed by atoms with Gasteiger partial charge in [0.1, 0.15) is 11.6 Å². The number of ether oxygens (including phenoxy) is 2. The number of hydrogen-bond donors (Lipinski definition) is 1. The molecule has 0 bridgehead atoms. The lowest BCUT2D eigenvalue weighted by atomic mass is 10.1. The Kier molecular flexibility index (Phi) is 4.01. The summed E-state index contributed by atoms with van der Waals surface area (Å²) in [5.41, 5.74) is 0.582. The minimum Gasteiger partial charge on any atom is -0.463 e. The lowest BCUT2D eigenvalue weighted by Crippen LogP contribution is -2.37. The van der Waals surface area contributed by atoms with Crippen LogP contribution in [0.5, 0.6) is 5.75 Å². The largest absolute Gasteiger partial charge is 0.463 e. The maximum Gasteiger partial charge on any atom is 0.333 e. The highest BCUT2D eigenvalue weighted by molar-refractivity contribution is 7.84. The van der Waals surface area contributed by atoms with Gasteiger partial charge in [0.15, 0.2) is 0 Å². The van der Waals surface area contributed by atoms with Gasteiger partial charge in [-0.25, -0.2) is 9.53 Å². The quantitative estimate of drug-likeness (QED) is 0.903. The number of nitrogens with two attached hydrogens (primary N) is 1. The van der Waals surface area contributed by atoms with Crippen LogP contribution in [0.3, 0.4) is 0 Å². The molecule has 0 fully saturated rings. The van der Waals surface area contributed by atoms with E-state index in [1.54, 1.807) is 13.8 Å². The molecule has 0 saturated heterocycles. The summed E-state index contributed by atoms with van der Waals surface area (Å²) in [6.45, 7) is 3.09. The van der Waals surface area contributed by atoms with Gasteiger partial charge in [0.05, 0.1) is 12.7 Å². The predicted molar refractivity (Wildman–Crippen MR) is 68.7 cm³/mol. The van der Waals surface area contributed by atoms with Gasteiger partial charge in [0.25, 0.3) is 0 Å². The number of hydrogen-bond acceptors (Lipinski definition) is 5. The van der Waals surface area contributed by atoms with E-state index in [1.165, 1.54) is 18.2 Å². The van der Waals surface area contributed by atoms with Gasteiger partial charge in [-0.1, -0.05) is 0 Å². The number of benzene rings is 1. The fourth-order valence-corrected chi connectivity index (χ4v) is 2.39. The summed E-state index contributed by atoms with van der Waals surface area (Å²) in [7, 11) is -4.05. The Balaban J connectivity index is 2.23. The van der Waals surface area contributed by atoms with Crippen LogP contribution in [0.15, 0.2) is 18.2 Å². The molecule has 1 aliphatic heterocycles. The molecule has 0 aliphatic carbocycles.